The molecule has 9 nitrogen and oxygen atoms in total. The van der Waals surface area contributed by atoms with E-state index in [2.05, 4.69) is 39.9 Å². The van der Waals surface area contributed by atoms with Gasteiger partial charge in [0.05, 0.1) is 6.33 Å². The van der Waals surface area contributed by atoms with E-state index in [1.807, 2.05) is 24.3 Å². The SMILES string of the molecule is O=C(NC1(C(=O)NCCn2cnc(C(=O)O)c2)CC1)OCC1c2ccccc2-c2ccccc21. The van der Waals surface area contributed by atoms with E-state index < -0.39 is 17.6 Å². The van der Waals surface area contributed by atoms with Crippen LogP contribution in [-0.2, 0) is 16.1 Å². The molecular formula is C25H24N4O5. The van der Waals surface area contributed by atoms with Crippen LogP contribution in [0.15, 0.2) is 61.1 Å². The summed E-state index contributed by atoms with van der Waals surface area (Å²) in [4.78, 5) is 39.9. The van der Waals surface area contributed by atoms with E-state index in [4.69, 9.17) is 9.84 Å². The number of rotatable bonds is 8. The van der Waals surface area contributed by atoms with Crippen LogP contribution in [0, 0.1) is 0 Å². The number of nitrogens with one attached hydrogen (secondary N) is 2. The molecule has 0 spiro atoms. The second-order valence-corrected chi connectivity index (χ2v) is 8.59. The Balaban J connectivity index is 1.14. The van der Waals surface area contributed by atoms with E-state index in [0.29, 0.717) is 19.4 Å². The van der Waals surface area contributed by atoms with Gasteiger partial charge in [-0.3, -0.25) is 4.79 Å². The van der Waals surface area contributed by atoms with Gasteiger partial charge in [-0.05, 0) is 35.1 Å². The Morgan fingerprint density at radius 1 is 1.06 bits per heavy atom. The molecule has 0 aliphatic heterocycles. The zero-order valence-electron chi connectivity index (χ0n) is 18.4. The van der Waals surface area contributed by atoms with Crippen molar-refractivity contribution < 1.29 is 24.2 Å². The van der Waals surface area contributed by atoms with E-state index in [-0.39, 0.29) is 30.7 Å². The number of aromatic carboxylic acids is 1. The second-order valence-electron chi connectivity index (χ2n) is 8.59. The Morgan fingerprint density at radius 2 is 1.71 bits per heavy atom. The molecule has 5 rings (SSSR count). The number of carbonyl (C=O) groups excluding carboxylic acids is 2. The van der Waals surface area contributed by atoms with Crippen LogP contribution in [0.1, 0.15) is 40.4 Å². The third kappa shape index (κ3) is 4.12. The number of aromatic nitrogens is 2. The number of carbonyl (C=O) groups is 3. The highest BCUT2D eigenvalue weighted by molar-refractivity contribution is 5.92. The molecule has 1 fully saturated rings. The fourth-order valence-corrected chi connectivity index (χ4v) is 4.42. The van der Waals surface area contributed by atoms with Crippen molar-refractivity contribution in [2.75, 3.05) is 13.2 Å². The molecule has 0 atom stereocenters. The van der Waals surface area contributed by atoms with Gasteiger partial charge in [-0.25, -0.2) is 14.6 Å². The summed E-state index contributed by atoms with van der Waals surface area (Å²) in [5, 5.41) is 14.5. The first-order valence-corrected chi connectivity index (χ1v) is 11.1. The predicted molar refractivity (Wildman–Crippen MR) is 122 cm³/mol. The van der Waals surface area contributed by atoms with E-state index in [0.717, 1.165) is 22.3 Å². The van der Waals surface area contributed by atoms with E-state index >= 15 is 0 Å². The van der Waals surface area contributed by atoms with Gasteiger partial charge in [0, 0.05) is 25.2 Å². The fourth-order valence-electron chi connectivity index (χ4n) is 4.42. The minimum absolute atomic E-state index is 0.0481. The van der Waals surface area contributed by atoms with E-state index in [1.54, 1.807) is 4.57 Å². The molecule has 1 heterocycles. The standard InChI is InChI=1S/C25H24N4O5/c30-22(31)21-13-29(15-27-21)12-11-26-23(32)25(9-10-25)28-24(33)34-14-20-18-7-3-1-5-16(18)17-6-2-4-8-19(17)20/h1-8,13,15,20H,9-12,14H2,(H,26,32)(H,28,33)(H,30,31). The minimum atomic E-state index is -1.10. The van der Waals surface area contributed by atoms with Crippen molar-refractivity contribution >= 4 is 18.0 Å². The van der Waals surface area contributed by atoms with Gasteiger partial charge in [0.15, 0.2) is 5.69 Å². The monoisotopic (exact) mass is 460 g/mol. The molecule has 0 saturated heterocycles. The predicted octanol–water partition coefficient (Wildman–Crippen LogP) is 2.77. The number of imidazole rings is 1. The summed E-state index contributed by atoms with van der Waals surface area (Å²) >= 11 is 0. The van der Waals surface area contributed by atoms with Crippen LogP contribution in [0.4, 0.5) is 4.79 Å². The molecule has 3 aromatic rings. The maximum Gasteiger partial charge on any atom is 0.408 e. The molecule has 2 amide bonds. The summed E-state index contributed by atoms with van der Waals surface area (Å²) in [6, 6.07) is 16.2. The Bertz CT molecular complexity index is 1220. The Hall–Kier alpha value is -4.14. The molecule has 3 N–H and O–H groups in total. The molecule has 0 unspecified atom stereocenters. The first kappa shape index (κ1) is 21.7. The molecule has 34 heavy (non-hydrogen) atoms. The molecule has 9 heteroatoms. The van der Waals surface area contributed by atoms with Crippen molar-refractivity contribution in [3.05, 3.63) is 77.9 Å². The van der Waals surface area contributed by atoms with Gasteiger partial charge in [0.25, 0.3) is 0 Å². The van der Waals surface area contributed by atoms with Crippen LogP contribution >= 0.6 is 0 Å². The van der Waals surface area contributed by atoms with Crippen molar-refractivity contribution in [2.45, 2.75) is 30.8 Å². The normalized spacial score (nSPS) is 15.2. The molecule has 2 aromatic carbocycles. The summed E-state index contributed by atoms with van der Waals surface area (Å²) in [5.74, 6) is -1.43. The Kier molecular flexibility index (Phi) is 5.53. The third-order valence-corrected chi connectivity index (χ3v) is 6.38. The van der Waals surface area contributed by atoms with Gasteiger partial charge >= 0.3 is 12.1 Å². The molecule has 0 bridgehead atoms. The Morgan fingerprint density at radius 3 is 2.29 bits per heavy atom. The van der Waals surface area contributed by atoms with Crippen molar-refractivity contribution in [2.24, 2.45) is 0 Å². The molecule has 2 aliphatic carbocycles. The lowest BCUT2D eigenvalue weighted by Gasteiger charge is -2.19. The smallest absolute Gasteiger partial charge is 0.408 e. The van der Waals surface area contributed by atoms with E-state index in [1.165, 1.54) is 12.5 Å². The maximum atomic E-state index is 12.7. The quantitative estimate of drug-likeness (QED) is 0.475. The molecule has 2 aliphatic rings. The third-order valence-electron chi connectivity index (χ3n) is 6.38. The summed E-state index contributed by atoms with van der Waals surface area (Å²) in [6.07, 6.45) is 3.26. The van der Waals surface area contributed by atoms with Crippen LogP contribution in [0.25, 0.3) is 11.1 Å². The van der Waals surface area contributed by atoms with Crippen LogP contribution in [0.3, 0.4) is 0 Å². The van der Waals surface area contributed by atoms with Crippen LogP contribution in [-0.4, -0.2) is 51.3 Å². The molecule has 1 saturated carbocycles. The highest BCUT2D eigenvalue weighted by atomic mass is 16.5. The number of carboxylic acids is 1. The first-order valence-electron chi connectivity index (χ1n) is 11.1. The lowest BCUT2D eigenvalue weighted by Crippen LogP contribution is -2.49. The number of hydrogen-bond acceptors (Lipinski definition) is 5. The van der Waals surface area contributed by atoms with Gasteiger partial charge in [-0.1, -0.05) is 48.5 Å². The van der Waals surface area contributed by atoms with Crippen LogP contribution in [0.5, 0.6) is 0 Å². The maximum absolute atomic E-state index is 12.7. The Labute approximate surface area is 195 Å². The number of amides is 2. The highest BCUT2D eigenvalue weighted by Crippen LogP contribution is 2.44. The molecule has 1 aromatic heterocycles. The van der Waals surface area contributed by atoms with Crippen molar-refractivity contribution in [1.29, 1.82) is 0 Å². The van der Waals surface area contributed by atoms with E-state index in [9.17, 15) is 14.4 Å². The highest BCUT2D eigenvalue weighted by Gasteiger charge is 2.51. The summed E-state index contributed by atoms with van der Waals surface area (Å²) in [5.41, 5.74) is 3.55. The van der Waals surface area contributed by atoms with Crippen molar-refractivity contribution in [3.63, 3.8) is 0 Å². The van der Waals surface area contributed by atoms with Gasteiger partial charge in [0.1, 0.15) is 12.1 Å². The van der Waals surface area contributed by atoms with Crippen molar-refractivity contribution in [3.8, 4) is 11.1 Å². The van der Waals surface area contributed by atoms with Gasteiger partial charge in [-0.15, -0.1) is 0 Å². The van der Waals surface area contributed by atoms with Crippen LogP contribution < -0.4 is 10.6 Å². The lowest BCUT2D eigenvalue weighted by atomic mass is 9.98. The molecular weight excluding hydrogens is 436 g/mol. The number of fused-ring (bicyclic) bond motifs is 3. The average Bonchev–Trinajstić information content (AvgIpc) is 3.33. The van der Waals surface area contributed by atoms with Gasteiger partial charge in [-0.2, -0.15) is 0 Å². The van der Waals surface area contributed by atoms with Gasteiger partial charge < -0.3 is 25.0 Å². The summed E-state index contributed by atoms with van der Waals surface area (Å²) in [6.45, 7) is 0.833. The minimum Gasteiger partial charge on any atom is -0.476 e. The zero-order chi connectivity index (χ0) is 23.7. The topological polar surface area (TPSA) is 123 Å². The number of hydrogen-bond donors (Lipinski definition) is 3. The first-order chi connectivity index (χ1) is 16.5. The number of benzene rings is 2. The number of alkyl carbamates (subject to hydrolysis) is 1. The zero-order valence-corrected chi connectivity index (χ0v) is 18.4. The fraction of sp³-hybridized carbons (Fsp3) is 0.280. The van der Waals surface area contributed by atoms with Crippen molar-refractivity contribution in [1.82, 2.24) is 20.2 Å². The summed E-state index contributed by atoms with van der Waals surface area (Å²) < 4.78 is 7.15. The lowest BCUT2D eigenvalue weighted by molar-refractivity contribution is -0.124. The summed E-state index contributed by atoms with van der Waals surface area (Å²) in [7, 11) is 0. The molecule has 0 radical (unpaired) electrons. The number of ether oxygens (including phenoxy) is 1. The average molecular weight is 460 g/mol. The number of nitrogens with zero attached hydrogens (tertiary/aromatic N) is 2. The second kappa shape index (κ2) is 8.66. The largest absolute Gasteiger partial charge is 0.476 e. The number of carboxylic acid groups (broad SMARTS) is 1. The van der Waals surface area contributed by atoms with Crippen LogP contribution in [0.2, 0.25) is 0 Å². The van der Waals surface area contributed by atoms with Gasteiger partial charge in [0.2, 0.25) is 5.91 Å². The molecule has 174 valence electrons.